The monoisotopic (exact) mass is 423 g/mol. The number of hydrogen-bond acceptors (Lipinski definition) is 4. The predicted molar refractivity (Wildman–Crippen MR) is 94.5 cm³/mol. The molecule has 0 bridgehead atoms. The first-order valence-electron chi connectivity index (χ1n) is 6.76. The van der Waals surface area contributed by atoms with Gasteiger partial charge in [-0.3, -0.25) is 10.1 Å². The second kappa shape index (κ2) is 7.06. The van der Waals surface area contributed by atoms with Gasteiger partial charge in [0.25, 0.3) is 5.69 Å². The smallest absolute Gasteiger partial charge is 0.286 e. The van der Waals surface area contributed by atoms with Gasteiger partial charge in [-0.1, -0.05) is 26.8 Å². The Balaban J connectivity index is 2.58. The lowest BCUT2D eigenvalue weighted by Crippen LogP contribution is -2.41. The van der Waals surface area contributed by atoms with E-state index in [9.17, 15) is 10.1 Å². The van der Waals surface area contributed by atoms with Crippen LogP contribution in [0, 0.1) is 13.7 Å². The molecular weight excluding hydrogens is 401 g/mol. The average molecular weight is 423 g/mol. The maximum absolute atomic E-state index is 10.9. The summed E-state index contributed by atoms with van der Waals surface area (Å²) in [5, 5.41) is 11.0. The van der Waals surface area contributed by atoms with E-state index in [1.54, 1.807) is 12.1 Å². The Morgan fingerprint density at radius 2 is 1.90 bits per heavy atom. The Hall–Kier alpha value is -0.673. The van der Waals surface area contributed by atoms with Crippen molar-refractivity contribution in [3.05, 3.63) is 31.9 Å². The molecule has 0 N–H and O–H groups in total. The molecule has 0 radical (unpaired) electrons. The van der Waals surface area contributed by atoms with E-state index in [1.165, 1.54) is 6.07 Å². The van der Waals surface area contributed by atoms with Crippen LogP contribution in [0.15, 0.2) is 18.2 Å². The normalized spacial score (nSPS) is 12.3. The summed E-state index contributed by atoms with van der Waals surface area (Å²) >= 11 is 1.94. The van der Waals surface area contributed by atoms with Crippen LogP contribution in [0.2, 0.25) is 18.1 Å². The summed E-state index contributed by atoms with van der Waals surface area (Å²) in [5.41, 5.74) is 0.0680. The van der Waals surface area contributed by atoms with Gasteiger partial charge in [0, 0.05) is 6.07 Å². The Bertz CT molecular complexity index is 514. The fourth-order valence-electron chi connectivity index (χ4n) is 1.42. The third kappa shape index (κ3) is 4.92. The lowest BCUT2D eigenvalue weighted by atomic mass is 10.2. The van der Waals surface area contributed by atoms with Crippen LogP contribution in [0.4, 0.5) is 5.69 Å². The molecule has 1 rings (SSSR count). The van der Waals surface area contributed by atoms with E-state index >= 15 is 0 Å². The fourth-order valence-corrected chi connectivity index (χ4v) is 3.16. The van der Waals surface area contributed by atoms with Crippen molar-refractivity contribution >= 4 is 36.6 Å². The molecule has 0 heterocycles. The zero-order chi connectivity index (χ0) is 16.3. The van der Waals surface area contributed by atoms with Crippen molar-refractivity contribution in [2.24, 2.45) is 0 Å². The van der Waals surface area contributed by atoms with Gasteiger partial charge < -0.3 is 9.16 Å². The number of nitrogens with zero attached hydrogens (tertiary/aromatic N) is 1. The number of rotatable bonds is 6. The van der Waals surface area contributed by atoms with Crippen LogP contribution in [0.3, 0.4) is 0 Å². The van der Waals surface area contributed by atoms with Gasteiger partial charge in [0.05, 0.1) is 11.5 Å². The molecule has 0 amide bonds. The molecule has 7 heteroatoms. The van der Waals surface area contributed by atoms with Crippen molar-refractivity contribution < 1.29 is 14.1 Å². The minimum atomic E-state index is -1.78. The minimum absolute atomic E-state index is 0.0680. The number of benzene rings is 1. The molecule has 0 saturated carbocycles. The van der Waals surface area contributed by atoms with Gasteiger partial charge in [-0.25, -0.2) is 0 Å². The molecule has 0 unspecified atom stereocenters. The van der Waals surface area contributed by atoms with E-state index in [2.05, 4.69) is 33.9 Å². The van der Waals surface area contributed by atoms with Gasteiger partial charge in [0.1, 0.15) is 15.9 Å². The van der Waals surface area contributed by atoms with Gasteiger partial charge in [0.2, 0.25) is 0 Å². The van der Waals surface area contributed by atoms with E-state index in [-0.39, 0.29) is 10.7 Å². The van der Waals surface area contributed by atoms with Gasteiger partial charge >= 0.3 is 0 Å². The molecule has 0 aliphatic rings. The Morgan fingerprint density at radius 1 is 1.29 bits per heavy atom. The van der Waals surface area contributed by atoms with E-state index in [1.807, 2.05) is 22.6 Å². The van der Waals surface area contributed by atoms with Crippen LogP contribution in [0.1, 0.15) is 20.8 Å². The highest BCUT2D eigenvalue weighted by molar-refractivity contribution is 14.1. The highest BCUT2D eigenvalue weighted by Crippen LogP contribution is 2.36. The van der Waals surface area contributed by atoms with Crippen molar-refractivity contribution in [3.8, 4) is 5.75 Å². The van der Waals surface area contributed by atoms with Crippen LogP contribution in [-0.2, 0) is 4.43 Å². The summed E-state index contributed by atoms with van der Waals surface area (Å²) in [6.45, 7) is 11.8. The average Bonchev–Trinajstić information content (AvgIpc) is 2.34. The SMILES string of the molecule is CC(C)(C)[Si](C)(C)OCCOc1cccc([N+](=O)[O-])c1I. The van der Waals surface area contributed by atoms with Crippen LogP contribution < -0.4 is 4.74 Å². The Morgan fingerprint density at radius 3 is 2.43 bits per heavy atom. The molecule has 0 aromatic heterocycles. The quantitative estimate of drug-likeness (QED) is 0.221. The second-order valence-electron chi connectivity index (χ2n) is 6.30. The third-order valence-corrected chi connectivity index (χ3v) is 9.37. The van der Waals surface area contributed by atoms with Crippen molar-refractivity contribution in [2.75, 3.05) is 13.2 Å². The topological polar surface area (TPSA) is 61.6 Å². The lowest BCUT2D eigenvalue weighted by Gasteiger charge is -2.36. The minimum Gasteiger partial charge on any atom is -0.490 e. The molecule has 0 aliphatic heterocycles. The van der Waals surface area contributed by atoms with Gasteiger partial charge in [0.15, 0.2) is 8.32 Å². The van der Waals surface area contributed by atoms with Crippen molar-refractivity contribution in [1.29, 1.82) is 0 Å². The predicted octanol–water partition coefficient (Wildman–Crippen LogP) is 4.60. The maximum atomic E-state index is 10.9. The summed E-state index contributed by atoms with van der Waals surface area (Å²) < 4.78 is 12.2. The zero-order valence-corrected chi connectivity index (χ0v) is 16.3. The van der Waals surface area contributed by atoms with Gasteiger partial charge in [-0.15, -0.1) is 0 Å². The molecule has 118 valence electrons. The first-order valence-corrected chi connectivity index (χ1v) is 10.7. The molecule has 1 aromatic carbocycles. The molecule has 0 spiro atoms. The van der Waals surface area contributed by atoms with Crippen LogP contribution >= 0.6 is 22.6 Å². The largest absolute Gasteiger partial charge is 0.490 e. The molecule has 5 nitrogen and oxygen atoms in total. The number of nitro benzene ring substituents is 1. The summed E-state index contributed by atoms with van der Waals surface area (Å²) in [4.78, 5) is 10.5. The first kappa shape index (κ1) is 18.4. The molecular formula is C14H22INO4Si. The number of hydrogen-bond donors (Lipinski definition) is 0. The van der Waals surface area contributed by atoms with Gasteiger partial charge in [-0.2, -0.15) is 0 Å². The summed E-state index contributed by atoms with van der Waals surface area (Å²) in [6, 6.07) is 4.84. The molecule has 1 aromatic rings. The van der Waals surface area contributed by atoms with Crippen LogP contribution in [0.5, 0.6) is 5.75 Å². The third-order valence-electron chi connectivity index (χ3n) is 3.75. The number of nitro groups is 1. The molecule has 0 aliphatic carbocycles. The van der Waals surface area contributed by atoms with Crippen molar-refractivity contribution in [2.45, 2.75) is 38.9 Å². The standard InChI is InChI=1S/C14H22INO4Si/c1-14(2,3)21(4,5)20-10-9-19-12-8-6-7-11(13(12)15)16(17)18/h6-8H,9-10H2,1-5H3. The summed E-state index contributed by atoms with van der Waals surface area (Å²) in [5.74, 6) is 0.531. The molecule has 0 fully saturated rings. The second-order valence-corrected chi connectivity index (χ2v) is 12.2. The van der Waals surface area contributed by atoms with E-state index in [0.717, 1.165) is 0 Å². The highest BCUT2D eigenvalue weighted by Gasteiger charge is 2.36. The molecule has 0 saturated heterocycles. The summed E-state index contributed by atoms with van der Waals surface area (Å²) in [6.07, 6.45) is 0. The van der Waals surface area contributed by atoms with Crippen LogP contribution in [-0.4, -0.2) is 26.5 Å². The molecule has 0 atom stereocenters. The lowest BCUT2D eigenvalue weighted by molar-refractivity contribution is -0.385. The Labute approximate surface area is 140 Å². The van der Waals surface area contributed by atoms with Crippen molar-refractivity contribution in [1.82, 2.24) is 0 Å². The van der Waals surface area contributed by atoms with E-state index < -0.39 is 13.2 Å². The zero-order valence-electron chi connectivity index (χ0n) is 13.1. The summed E-state index contributed by atoms with van der Waals surface area (Å²) in [7, 11) is -1.78. The van der Waals surface area contributed by atoms with Gasteiger partial charge in [-0.05, 0) is 46.8 Å². The fraction of sp³-hybridized carbons (Fsp3) is 0.571. The van der Waals surface area contributed by atoms with Crippen molar-refractivity contribution in [3.63, 3.8) is 0 Å². The Kier molecular flexibility index (Phi) is 6.18. The highest BCUT2D eigenvalue weighted by atomic mass is 127. The number of ether oxygens (including phenoxy) is 1. The molecule has 21 heavy (non-hydrogen) atoms. The number of halogens is 1. The van der Waals surface area contributed by atoms with Crippen LogP contribution in [0.25, 0.3) is 0 Å². The van der Waals surface area contributed by atoms with E-state index in [4.69, 9.17) is 9.16 Å². The first-order chi connectivity index (χ1) is 9.56. The van der Waals surface area contributed by atoms with E-state index in [0.29, 0.717) is 22.5 Å². The maximum Gasteiger partial charge on any atom is 0.286 e.